The van der Waals surface area contributed by atoms with Gasteiger partial charge in [0.1, 0.15) is 12.4 Å². The summed E-state index contributed by atoms with van der Waals surface area (Å²) in [5.41, 5.74) is 4.18. The van der Waals surface area contributed by atoms with Crippen molar-refractivity contribution in [2.75, 3.05) is 0 Å². The minimum Gasteiger partial charge on any atom is -0.489 e. The molecule has 5 heteroatoms. The summed E-state index contributed by atoms with van der Waals surface area (Å²) >= 11 is 0. The molecule has 1 fully saturated rings. The summed E-state index contributed by atoms with van der Waals surface area (Å²) in [4.78, 5) is 11.0. The smallest absolute Gasteiger partial charge is 0.303 e. The predicted molar refractivity (Wildman–Crippen MR) is 116 cm³/mol. The summed E-state index contributed by atoms with van der Waals surface area (Å²) in [6.07, 6.45) is 6.68. The van der Waals surface area contributed by atoms with E-state index in [0.29, 0.717) is 18.9 Å². The Kier molecular flexibility index (Phi) is 6.47. The molecule has 1 aromatic heterocycles. The molecule has 30 heavy (non-hydrogen) atoms. The number of carbonyl (C=O) groups is 1. The minimum atomic E-state index is -0.788. The second-order valence-corrected chi connectivity index (χ2v) is 7.97. The molecule has 2 aromatic carbocycles. The van der Waals surface area contributed by atoms with E-state index >= 15 is 0 Å². The summed E-state index contributed by atoms with van der Waals surface area (Å²) in [6.45, 7) is 0.536. The molecule has 1 aliphatic rings. The second kappa shape index (κ2) is 9.61. The SMILES string of the molecule is O=C(O)CCc1cc(C2CCCCC2)n(-c2ccc(OCc3ccccc3)cc2)n1. The molecule has 0 spiro atoms. The Bertz CT molecular complexity index is 958. The van der Waals surface area contributed by atoms with E-state index in [9.17, 15) is 4.79 Å². The first-order valence-electron chi connectivity index (χ1n) is 10.8. The van der Waals surface area contributed by atoms with Gasteiger partial charge in [-0.05, 0) is 48.7 Å². The maximum absolute atomic E-state index is 11.0. The van der Waals surface area contributed by atoms with Crippen LogP contribution in [0.1, 0.15) is 61.4 Å². The van der Waals surface area contributed by atoms with Crippen LogP contribution in [-0.2, 0) is 17.8 Å². The van der Waals surface area contributed by atoms with Crippen LogP contribution < -0.4 is 4.74 Å². The van der Waals surface area contributed by atoms with Gasteiger partial charge >= 0.3 is 5.97 Å². The quantitative estimate of drug-likeness (QED) is 0.537. The van der Waals surface area contributed by atoms with Crippen molar-refractivity contribution in [1.82, 2.24) is 9.78 Å². The van der Waals surface area contributed by atoms with Crippen LogP contribution in [0.5, 0.6) is 5.75 Å². The number of aliphatic carboxylic acids is 1. The molecule has 1 N–H and O–H groups in total. The Morgan fingerprint density at radius 3 is 2.47 bits per heavy atom. The molecule has 3 aromatic rings. The summed E-state index contributed by atoms with van der Waals surface area (Å²) in [5, 5.41) is 13.8. The van der Waals surface area contributed by atoms with E-state index in [1.807, 2.05) is 59.3 Å². The van der Waals surface area contributed by atoms with Crippen molar-refractivity contribution in [3.63, 3.8) is 0 Å². The molecule has 0 bridgehead atoms. The van der Waals surface area contributed by atoms with Gasteiger partial charge in [0, 0.05) is 18.0 Å². The van der Waals surface area contributed by atoms with Crippen LogP contribution >= 0.6 is 0 Å². The number of ether oxygens (including phenoxy) is 1. The lowest BCUT2D eigenvalue weighted by molar-refractivity contribution is -0.136. The maximum atomic E-state index is 11.0. The zero-order valence-electron chi connectivity index (χ0n) is 17.2. The number of carboxylic acid groups (broad SMARTS) is 1. The molecular formula is C25H28N2O3. The van der Waals surface area contributed by atoms with Crippen LogP contribution in [0.2, 0.25) is 0 Å². The highest BCUT2D eigenvalue weighted by atomic mass is 16.5. The summed E-state index contributed by atoms with van der Waals surface area (Å²) in [6, 6.07) is 20.2. The molecule has 1 saturated carbocycles. The molecule has 0 radical (unpaired) electrons. The summed E-state index contributed by atoms with van der Waals surface area (Å²) in [5.74, 6) is 0.516. The highest BCUT2D eigenvalue weighted by Gasteiger charge is 2.22. The number of benzene rings is 2. The average Bonchev–Trinajstić information content (AvgIpc) is 3.22. The molecule has 4 rings (SSSR count). The molecular weight excluding hydrogens is 376 g/mol. The summed E-state index contributed by atoms with van der Waals surface area (Å²) in [7, 11) is 0. The molecule has 0 saturated heterocycles. The molecule has 0 atom stereocenters. The zero-order valence-corrected chi connectivity index (χ0v) is 17.2. The number of aromatic nitrogens is 2. The predicted octanol–water partition coefficient (Wildman–Crippen LogP) is 5.52. The lowest BCUT2D eigenvalue weighted by Gasteiger charge is -2.22. The van der Waals surface area contributed by atoms with Crippen LogP contribution in [0.4, 0.5) is 0 Å². The van der Waals surface area contributed by atoms with Crippen LogP contribution in [0, 0.1) is 0 Å². The number of carboxylic acids is 1. The van der Waals surface area contributed by atoms with E-state index in [2.05, 4.69) is 6.07 Å². The number of rotatable bonds is 8. The Balaban J connectivity index is 1.52. The van der Waals surface area contributed by atoms with Gasteiger partial charge in [-0.25, -0.2) is 4.68 Å². The van der Waals surface area contributed by atoms with Crippen molar-refractivity contribution in [2.24, 2.45) is 0 Å². The van der Waals surface area contributed by atoms with Crippen molar-refractivity contribution in [2.45, 2.75) is 57.5 Å². The second-order valence-electron chi connectivity index (χ2n) is 7.97. The number of hydrogen-bond donors (Lipinski definition) is 1. The van der Waals surface area contributed by atoms with Gasteiger partial charge in [0.2, 0.25) is 0 Å². The Hall–Kier alpha value is -3.08. The van der Waals surface area contributed by atoms with Crippen molar-refractivity contribution in [3.05, 3.63) is 77.6 Å². The lowest BCUT2D eigenvalue weighted by Crippen LogP contribution is -2.11. The number of aryl methyl sites for hydroxylation is 1. The third-order valence-electron chi connectivity index (χ3n) is 5.74. The Labute approximate surface area is 177 Å². The standard InChI is InChI=1S/C25H28N2O3/c28-25(29)16-11-21-17-24(20-9-5-2-6-10-20)27(26-21)22-12-14-23(15-13-22)30-18-19-7-3-1-4-8-19/h1,3-4,7-8,12-15,17,20H,2,5-6,9-11,16,18H2,(H,28,29). The molecule has 0 amide bonds. The van der Waals surface area contributed by atoms with Crippen molar-refractivity contribution in [1.29, 1.82) is 0 Å². The molecule has 156 valence electrons. The van der Waals surface area contributed by atoms with Crippen molar-refractivity contribution >= 4 is 5.97 Å². The molecule has 1 heterocycles. The average molecular weight is 405 g/mol. The third-order valence-corrected chi connectivity index (χ3v) is 5.74. The highest BCUT2D eigenvalue weighted by Crippen LogP contribution is 2.34. The normalized spacial score (nSPS) is 14.5. The van der Waals surface area contributed by atoms with Crippen molar-refractivity contribution < 1.29 is 14.6 Å². The fraction of sp³-hybridized carbons (Fsp3) is 0.360. The maximum Gasteiger partial charge on any atom is 0.303 e. The Morgan fingerprint density at radius 1 is 1.03 bits per heavy atom. The van der Waals surface area contributed by atoms with Crippen LogP contribution in [0.25, 0.3) is 5.69 Å². The fourth-order valence-corrected chi connectivity index (χ4v) is 4.12. The third kappa shape index (κ3) is 5.09. The molecule has 0 unspecified atom stereocenters. The topological polar surface area (TPSA) is 64.3 Å². The largest absolute Gasteiger partial charge is 0.489 e. The van der Waals surface area contributed by atoms with Gasteiger partial charge in [-0.3, -0.25) is 4.79 Å². The molecule has 0 aliphatic heterocycles. The minimum absolute atomic E-state index is 0.105. The zero-order chi connectivity index (χ0) is 20.8. The first-order chi connectivity index (χ1) is 14.7. The number of nitrogens with zero attached hydrogens (tertiary/aromatic N) is 2. The first-order valence-corrected chi connectivity index (χ1v) is 10.8. The monoisotopic (exact) mass is 404 g/mol. The Morgan fingerprint density at radius 2 is 1.77 bits per heavy atom. The van der Waals surface area contributed by atoms with Crippen LogP contribution in [0.3, 0.4) is 0 Å². The van der Waals surface area contributed by atoms with E-state index in [0.717, 1.165) is 22.7 Å². The lowest BCUT2D eigenvalue weighted by atomic mass is 9.86. The van der Waals surface area contributed by atoms with Gasteiger partial charge in [-0.2, -0.15) is 5.10 Å². The number of hydrogen-bond acceptors (Lipinski definition) is 3. The van der Waals surface area contributed by atoms with Crippen molar-refractivity contribution in [3.8, 4) is 11.4 Å². The van der Waals surface area contributed by atoms with E-state index in [1.165, 1.54) is 37.8 Å². The van der Waals surface area contributed by atoms with Gasteiger partial charge in [0.25, 0.3) is 0 Å². The van der Waals surface area contributed by atoms with Gasteiger partial charge in [-0.1, -0.05) is 49.6 Å². The van der Waals surface area contributed by atoms with Gasteiger partial charge < -0.3 is 9.84 Å². The van der Waals surface area contributed by atoms with Gasteiger partial charge in [0.15, 0.2) is 0 Å². The fourth-order valence-electron chi connectivity index (χ4n) is 4.12. The first kappa shape index (κ1) is 20.2. The van der Waals surface area contributed by atoms with Gasteiger partial charge in [-0.15, -0.1) is 0 Å². The van der Waals surface area contributed by atoms with Crippen LogP contribution in [0.15, 0.2) is 60.7 Å². The van der Waals surface area contributed by atoms with E-state index in [1.54, 1.807) is 0 Å². The van der Waals surface area contributed by atoms with E-state index < -0.39 is 5.97 Å². The highest BCUT2D eigenvalue weighted by molar-refractivity contribution is 5.67. The van der Waals surface area contributed by atoms with Crippen LogP contribution in [-0.4, -0.2) is 20.9 Å². The van der Waals surface area contributed by atoms with E-state index in [4.69, 9.17) is 14.9 Å². The molecule has 1 aliphatic carbocycles. The van der Waals surface area contributed by atoms with Gasteiger partial charge in [0.05, 0.1) is 17.8 Å². The van der Waals surface area contributed by atoms with E-state index in [-0.39, 0.29) is 6.42 Å². The molecule has 5 nitrogen and oxygen atoms in total. The summed E-state index contributed by atoms with van der Waals surface area (Å²) < 4.78 is 7.91.